The summed E-state index contributed by atoms with van der Waals surface area (Å²) in [5.41, 5.74) is -0.561. The lowest BCUT2D eigenvalue weighted by Gasteiger charge is -2.24. The molecule has 1 aromatic carbocycles. The lowest BCUT2D eigenvalue weighted by atomic mass is 9.96. The SMILES string of the molecule is CNCC(C)(O)c1ccc(F)cc1Cl. The van der Waals surface area contributed by atoms with Crippen molar-refractivity contribution in [3.05, 3.63) is 34.6 Å². The normalized spacial score (nSPS) is 15.2. The van der Waals surface area contributed by atoms with Crippen LogP contribution in [0.3, 0.4) is 0 Å². The molecule has 78 valence electrons. The van der Waals surface area contributed by atoms with E-state index in [1.165, 1.54) is 18.2 Å². The van der Waals surface area contributed by atoms with Crippen molar-refractivity contribution in [1.82, 2.24) is 5.32 Å². The summed E-state index contributed by atoms with van der Waals surface area (Å²) >= 11 is 5.82. The third-order valence-corrected chi connectivity index (χ3v) is 2.35. The Balaban J connectivity index is 3.06. The Hall–Kier alpha value is -0.640. The van der Waals surface area contributed by atoms with Crippen LogP contribution in [-0.4, -0.2) is 18.7 Å². The van der Waals surface area contributed by atoms with Crippen molar-refractivity contribution in [3.8, 4) is 0 Å². The second kappa shape index (κ2) is 4.26. The molecule has 1 aromatic rings. The summed E-state index contributed by atoms with van der Waals surface area (Å²) in [5, 5.41) is 13.1. The van der Waals surface area contributed by atoms with Gasteiger partial charge >= 0.3 is 0 Å². The zero-order valence-electron chi connectivity index (χ0n) is 8.14. The topological polar surface area (TPSA) is 32.3 Å². The molecule has 0 aliphatic carbocycles. The predicted octanol–water partition coefficient (Wildman–Crippen LogP) is 1.91. The highest BCUT2D eigenvalue weighted by atomic mass is 35.5. The molecule has 2 nitrogen and oxygen atoms in total. The van der Waals surface area contributed by atoms with Crippen molar-refractivity contribution in [3.63, 3.8) is 0 Å². The van der Waals surface area contributed by atoms with Crippen molar-refractivity contribution in [2.45, 2.75) is 12.5 Å². The van der Waals surface area contributed by atoms with Gasteiger partial charge in [-0.05, 0) is 26.1 Å². The molecule has 0 aliphatic rings. The Morgan fingerprint density at radius 1 is 1.57 bits per heavy atom. The Kier molecular flexibility index (Phi) is 3.48. The summed E-state index contributed by atoms with van der Waals surface area (Å²) in [4.78, 5) is 0. The van der Waals surface area contributed by atoms with Gasteiger partial charge in [0, 0.05) is 17.1 Å². The first kappa shape index (κ1) is 11.4. The number of rotatable bonds is 3. The molecule has 1 atom stereocenters. The number of halogens is 2. The first-order valence-electron chi connectivity index (χ1n) is 4.30. The summed E-state index contributed by atoms with van der Waals surface area (Å²) in [6.07, 6.45) is 0. The van der Waals surface area contributed by atoms with Crippen LogP contribution in [0, 0.1) is 5.82 Å². The van der Waals surface area contributed by atoms with E-state index < -0.39 is 11.4 Å². The van der Waals surface area contributed by atoms with Gasteiger partial charge in [0.2, 0.25) is 0 Å². The third-order valence-electron chi connectivity index (χ3n) is 2.03. The fraction of sp³-hybridized carbons (Fsp3) is 0.400. The maximum absolute atomic E-state index is 12.7. The summed E-state index contributed by atoms with van der Waals surface area (Å²) in [6, 6.07) is 3.97. The number of likely N-dealkylation sites (N-methyl/N-ethyl adjacent to an activating group) is 1. The third kappa shape index (κ3) is 2.44. The van der Waals surface area contributed by atoms with Crippen LogP contribution in [0.2, 0.25) is 5.02 Å². The van der Waals surface area contributed by atoms with E-state index in [2.05, 4.69) is 5.32 Å². The minimum Gasteiger partial charge on any atom is -0.384 e. The van der Waals surface area contributed by atoms with E-state index in [0.29, 0.717) is 12.1 Å². The molecule has 1 rings (SSSR count). The molecule has 0 fully saturated rings. The van der Waals surface area contributed by atoms with Gasteiger partial charge in [0.25, 0.3) is 0 Å². The number of nitrogens with one attached hydrogen (secondary N) is 1. The van der Waals surface area contributed by atoms with E-state index in [4.69, 9.17) is 11.6 Å². The Bertz CT molecular complexity index is 328. The van der Waals surface area contributed by atoms with E-state index in [-0.39, 0.29) is 5.02 Å². The van der Waals surface area contributed by atoms with Gasteiger partial charge in [-0.15, -0.1) is 0 Å². The summed E-state index contributed by atoms with van der Waals surface area (Å²) in [7, 11) is 1.73. The highest BCUT2D eigenvalue weighted by molar-refractivity contribution is 6.31. The maximum atomic E-state index is 12.7. The maximum Gasteiger partial charge on any atom is 0.124 e. The minimum atomic E-state index is -1.08. The number of hydrogen-bond donors (Lipinski definition) is 2. The molecule has 0 aromatic heterocycles. The fourth-order valence-electron chi connectivity index (χ4n) is 1.37. The van der Waals surface area contributed by atoms with Crippen molar-refractivity contribution in [2.75, 3.05) is 13.6 Å². The molecular formula is C10H13ClFNO. The Morgan fingerprint density at radius 2 is 2.21 bits per heavy atom. The molecule has 0 heterocycles. The minimum absolute atomic E-state index is 0.241. The Morgan fingerprint density at radius 3 is 2.71 bits per heavy atom. The van der Waals surface area contributed by atoms with E-state index in [1.54, 1.807) is 14.0 Å². The summed E-state index contributed by atoms with van der Waals surface area (Å²) in [6.45, 7) is 1.99. The smallest absolute Gasteiger partial charge is 0.124 e. The van der Waals surface area contributed by atoms with Crippen LogP contribution in [0.4, 0.5) is 4.39 Å². The summed E-state index contributed by atoms with van der Waals surface area (Å²) in [5.74, 6) is -0.404. The molecule has 0 aliphatic heterocycles. The molecule has 0 spiro atoms. The van der Waals surface area contributed by atoms with Crippen molar-refractivity contribution in [1.29, 1.82) is 0 Å². The van der Waals surface area contributed by atoms with Crippen LogP contribution in [0.1, 0.15) is 12.5 Å². The molecule has 2 N–H and O–H groups in total. The molecule has 4 heteroatoms. The van der Waals surface area contributed by atoms with Crippen LogP contribution < -0.4 is 5.32 Å². The monoisotopic (exact) mass is 217 g/mol. The molecule has 0 amide bonds. The van der Waals surface area contributed by atoms with Gasteiger partial charge in [0.15, 0.2) is 0 Å². The van der Waals surface area contributed by atoms with Crippen molar-refractivity contribution in [2.24, 2.45) is 0 Å². The highest BCUT2D eigenvalue weighted by Gasteiger charge is 2.24. The van der Waals surface area contributed by atoms with Gasteiger partial charge in [0.1, 0.15) is 11.4 Å². The molecular weight excluding hydrogens is 205 g/mol. The van der Waals surface area contributed by atoms with Gasteiger partial charge in [-0.25, -0.2) is 4.39 Å². The highest BCUT2D eigenvalue weighted by Crippen LogP contribution is 2.27. The van der Waals surface area contributed by atoms with E-state index in [0.717, 1.165) is 0 Å². The number of benzene rings is 1. The first-order valence-corrected chi connectivity index (χ1v) is 4.67. The molecule has 0 bridgehead atoms. The standard InChI is InChI=1S/C10H13ClFNO/c1-10(14,6-13-2)8-4-3-7(12)5-9(8)11/h3-5,13-14H,6H2,1-2H3. The van der Waals surface area contributed by atoms with Crippen LogP contribution in [0.5, 0.6) is 0 Å². The second-order valence-electron chi connectivity index (χ2n) is 3.43. The zero-order chi connectivity index (χ0) is 10.8. The molecule has 0 saturated carbocycles. The van der Waals surface area contributed by atoms with Gasteiger partial charge in [-0.3, -0.25) is 0 Å². The molecule has 0 radical (unpaired) electrons. The fourth-order valence-corrected chi connectivity index (χ4v) is 1.74. The van der Waals surface area contributed by atoms with Gasteiger partial charge < -0.3 is 10.4 Å². The first-order chi connectivity index (χ1) is 6.47. The van der Waals surface area contributed by atoms with Crippen molar-refractivity contribution >= 4 is 11.6 Å². The molecule has 1 unspecified atom stereocenters. The number of aliphatic hydroxyl groups is 1. The van der Waals surface area contributed by atoms with Gasteiger partial charge in [-0.1, -0.05) is 17.7 Å². The lowest BCUT2D eigenvalue weighted by Crippen LogP contribution is -2.33. The predicted molar refractivity (Wildman–Crippen MR) is 54.9 cm³/mol. The van der Waals surface area contributed by atoms with E-state index in [9.17, 15) is 9.50 Å². The zero-order valence-corrected chi connectivity index (χ0v) is 8.90. The van der Waals surface area contributed by atoms with E-state index in [1.807, 2.05) is 0 Å². The van der Waals surface area contributed by atoms with Crippen LogP contribution in [-0.2, 0) is 5.60 Å². The Labute approximate surface area is 87.7 Å². The average molecular weight is 218 g/mol. The number of hydrogen-bond acceptors (Lipinski definition) is 2. The lowest BCUT2D eigenvalue weighted by molar-refractivity contribution is 0.0592. The quantitative estimate of drug-likeness (QED) is 0.811. The second-order valence-corrected chi connectivity index (χ2v) is 3.84. The van der Waals surface area contributed by atoms with Gasteiger partial charge in [0.05, 0.1) is 0 Å². The van der Waals surface area contributed by atoms with Crippen LogP contribution in [0.15, 0.2) is 18.2 Å². The van der Waals surface area contributed by atoms with Crippen molar-refractivity contribution < 1.29 is 9.50 Å². The average Bonchev–Trinajstić information content (AvgIpc) is 2.02. The van der Waals surface area contributed by atoms with Crippen LogP contribution >= 0.6 is 11.6 Å². The van der Waals surface area contributed by atoms with Gasteiger partial charge in [-0.2, -0.15) is 0 Å². The van der Waals surface area contributed by atoms with Crippen LogP contribution in [0.25, 0.3) is 0 Å². The molecule has 14 heavy (non-hydrogen) atoms. The van der Waals surface area contributed by atoms with E-state index >= 15 is 0 Å². The summed E-state index contributed by atoms with van der Waals surface area (Å²) < 4.78 is 12.7. The molecule has 0 saturated heterocycles. The largest absolute Gasteiger partial charge is 0.384 e.